The predicted octanol–water partition coefficient (Wildman–Crippen LogP) is 5.98. The van der Waals surface area contributed by atoms with Gasteiger partial charge >= 0.3 is 6.03 Å². The molecule has 0 fully saturated rings. The highest BCUT2D eigenvalue weighted by Gasteiger charge is 2.27. The zero-order valence-electron chi connectivity index (χ0n) is 17.3. The standard InChI is InChI=1S/C15H10Cl3NO.C7H8N4O3/c16-8-2-4-13-11(5-8)15(20)7-14(19-13)10-3-1-9(17)6-12(10)18;8-10-7(12)9-5-1-3-6(4-2-5)11(13)14/h1-6,14,19H,7H2;1-4H,8H2,(H2,9,10,12). The number of non-ortho nitro benzene ring substituents is 1. The van der Waals surface area contributed by atoms with Gasteiger partial charge in [0, 0.05) is 50.6 Å². The molecular formula is C22H18Cl3N5O4. The number of rotatable bonds is 3. The third-order valence-electron chi connectivity index (χ3n) is 4.81. The summed E-state index contributed by atoms with van der Waals surface area (Å²) in [6.07, 6.45) is 0.342. The fourth-order valence-corrected chi connectivity index (χ4v) is 3.92. The lowest BCUT2D eigenvalue weighted by Gasteiger charge is -2.27. The number of carbonyl (C=O) groups is 2. The van der Waals surface area contributed by atoms with E-state index in [-0.39, 0.29) is 17.5 Å². The molecule has 0 bridgehead atoms. The molecule has 0 saturated carbocycles. The van der Waals surface area contributed by atoms with Gasteiger partial charge < -0.3 is 10.6 Å². The van der Waals surface area contributed by atoms with Gasteiger partial charge in [-0.1, -0.05) is 40.9 Å². The van der Waals surface area contributed by atoms with Crippen LogP contribution in [0.2, 0.25) is 15.1 Å². The van der Waals surface area contributed by atoms with Crippen LogP contribution in [-0.2, 0) is 0 Å². The Labute approximate surface area is 209 Å². The first-order valence-corrected chi connectivity index (χ1v) is 10.9. The second kappa shape index (κ2) is 11.2. The molecule has 0 radical (unpaired) electrons. The Hall–Kier alpha value is -3.37. The Morgan fingerprint density at radius 3 is 2.29 bits per heavy atom. The molecular weight excluding hydrogens is 505 g/mol. The van der Waals surface area contributed by atoms with Crippen LogP contribution < -0.4 is 21.9 Å². The maximum atomic E-state index is 12.2. The highest BCUT2D eigenvalue weighted by atomic mass is 35.5. The van der Waals surface area contributed by atoms with Crippen LogP contribution in [0.5, 0.6) is 0 Å². The number of nitrogens with zero attached hydrogens (tertiary/aromatic N) is 1. The summed E-state index contributed by atoms with van der Waals surface area (Å²) >= 11 is 18.0. The first-order valence-electron chi connectivity index (χ1n) is 9.74. The molecule has 4 rings (SSSR count). The number of hydrogen-bond donors (Lipinski definition) is 4. The lowest BCUT2D eigenvalue weighted by atomic mass is 9.92. The number of Topliss-reactive ketones (excluding diaryl/α,β-unsaturated/α-hetero) is 1. The molecule has 12 heteroatoms. The van der Waals surface area contributed by atoms with Crippen LogP contribution in [0.4, 0.5) is 21.9 Å². The van der Waals surface area contributed by atoms with Crippen molar-refractivity contribution in [2.24, 2.45) is 5.84 Å². The minimum Gasteiger partial charge on any atom is -0.377 e. The van der Waals surface area contributed by atoms with E-state index in [2.05, 4.69) is 10.6 Å². The van der Waals surface area contributed by atoms with E-state index in [0.717, 1.165) is 11.3 Å². The van der Waals surface area contributed by atoms with Crippen molar-refractivity contribution in [1.82, 2.24) is 5.43 Å². The lowest BCUT2D eigenvalue weighted by molar-refractivity contribution is -0.384. The normalized spacial score (nSPS) is 14.1. The van der Waals surface area contributed by atoms with E-state index in [1.54, 1.807) is 24.3 Å². The van der Waals surface area contributed by atoms with Crippen LogP contribution >= 0.6 is 34.8 Å². The molecule has 34 heavy (non-hydrogen) atoms. The summed E-state index contributed by atoms with van der Waals surface area (Å²) in [6.45, 7) is 0. The zero-order valence-corrected chi connectivity index (χ0v) is 19.6. The van der Waals surface area contributed by atoms with Crippen LogP contribution in [0.3, 0.4) is 0 Å². The quantitative estimate of drug-likeness (QED) is 0.144. The summed E-state index contributed by atoms with van der Waals surface area (Å²) in [6, 6.07) is 15.2. The van der Waals surface area contributed by atoms with E-state index in [9.17, 15) is 19.7 Å². The van der Waals surface area contributed by atoms with Crippen LogP contribution in [0.15, 0.2) is 60.7 Å². The van der Waals surface area contributed by atoms with E-state index < -0.39 is 11.0 Å². The number of urea groups is 1. The second-order valence-electron chi connectivity index (χ2n) is 7.08. The molecule has 1 atom stereocenters. The van der Waals surface area contributed by atoms with Gasteiger partial charge in [0.2, 0.25) is 0 Å². The molecule has 1 heterocycles. The number of nitrogens with two attached hydrogens (primary N) is 1. The van der Waals surface area contributed by atoms with Crippen molar-refractivity contribution >= 4 is 63.7 Å². The Morgan fingerprint density at radius 1 is 1.03 bits per heavy atom. The monoisotopic (exact) mass is 521 g/mol. The van der Waals surface area contributed by atoms with Gasteiger partial charge in [-0.2, -0.15) is 0 Å². The van der Waals surface area contributed by atoms with Gasteiger partial charge in [0.05, 0.1) is 11.0 Å². The van der Waals surface area contributed by atoms with E-state index in [4.69, 9.17) is 40.6 Å². The molecule has 9 nitrogen and oxygen atoms in total. The van der Waals surface area contributed by atoms with Crippen molar-refractivity contribution in [3.63, 3.8) is 0 Å². The van der Waals surface area contributed by atoms with Gasteiger partial charge in [0.25, 0.3) is 5.69 Å². The van der Waals surface area contributed by atoms with Crippen molar-refractivity contribution in [1.29, 1.82) is 0 Å². The number of amides is 2. The van der Waals surface area contributed by atoms with Crippen molar-refractivity contribution in [3.05, 3.63) is 97.0 Å². The molecule has 1 unspecified atom stereocenters. The molecule has 1 aliphatic rings. The number of nitrogens with one attached hydrogen (secondary N) is 3. The van der Waals surface area contributed by atoms with Gasteiger partial charge in [0.15, 0.2) is 5.78 Å². The number of hydrazine groups is 1. The average molecular weight is 523 g/mol. The molecule has 3 aromatic rings. The topological polar surface area (TPSA) is 139 Å². The van der Waals surface area contributed by atoms with Crippen molar-refractivity contribution < 1.29 is 14.5 Å². The predicted molar refractivity (Wildman–Crippen MR) is 133 cm³/mol. The van der Waals surface area contributed by atoms with Crippen molar-refractivity contribution in [2.75, 3.05) is 10.6 Å². The molecule has 2 amide bonds. The second-order valence-corrected chi connectivity index (χ2v) is 8.36. The molecule has 5 N–H and O–H groups in total. The summed E-state index contributed by atoms with van der Waals surface area (Å²) in [7, 11) is 0. The smallest absolute Gasteiger partial charge is 0.333 e. The van der Waals surface area contributed by atoms with E-state index in [1.807, 2.05) is 17.6 Å². The fraction of sp³-hybridized carbons (Fsp3) is 0.0909. The summed E-state index contributed by atoms with van der Waals surface area (Å²) < 4.78 is 0. The van der Waals surface area contributed by atoms with Gasteiger partial charge in [-0.15, -0.1) is 0 Å². The minimum atomic E-state index is -0.584. The van der Waals surface area contributed by atoms with E-state index in [0.29, 0.717) is 32.7 Å². The third-order valence-corrected chi connectivity index (χ3v) is 5.60. The maximum absolute atomic E-state index is 12.2. The molecule has 1 aliphatic heterocycles. The number of ketones is 1. The van der Waals surface area contributed by atoms with Gasteiger partial charge in [-0.25, -0.2) is 10.6 Å². The number of carbonyl (C=O) groups excluding carboxylic acids is 2. The first-order chi connectivity index (χ1) is 16.2. The van der Waals surface area contributed by atoms with Gasteiger partial charge in [-0.3, -0.25) is 20.3 Å². The number of hydrogen-bond acceptors (Lipinski definition) is 6. The SMILES string of the molecule is NNC(=O)Nc1ccc([N+](=O)[O-])cc1.O=C1CC(c2ccc(Cl)cc2Cl)Nc2ccc(Cl)cc21. The van der Waals surface area contributed by atoms with E-state index >= 15 is 0 Å². The van der Waals surface area contributed by atoms with Crippen LogP contribution in [0, 0.1) is 10.1 Å². The molecule has 176 valence electrons. The summed E-state index contributed by atoms with van der Waals surface area (Å²) in [5.41, 5.74) is 4.53. The lowest BCUT2D eigenvalue weighted by Crippen LogP contribution is -2.34. The van der Waals surface area contributed by atoms with Crippen molar-refractivity contribution in [2.45, 2.75) is 12.5 Å². The van der Waals surface area contributed by atoms with Crippen LogP contribution in [0.1, 0.15) is 28.4 Å². The van der Waals surface area contributed by atoms with Crippen LogP contribution in [-0.4, -0.2) is 16.7 Å². The van der Waals surface area contributed by atoms with Gasteiger partial charge in [0.1, 0.15) is 0 Å². The zero-order chi connectivity index (χ0) is 24.8. The van der Waals surface area contributed by atoms with E-state index in [1.165, 1.54) is 24.3 Å². The minimum absolute atomic E-state index is 0.0382. The first kappa shape index (κ1) is 25.3. The number of nitro benzene ring substituents is 1. The molecule has 0 saturated heterocycles. The Kier molecular flexibility index (Phi) is 8.30. The number of halogens is 3. The van der Waals surface area contributed by atoms with Gasteiger partial charge in [-0.05, 0) is 48.0 Å². The van der Waals surface area contributed by atoms with Crippen LogP contribution in [0.25, 0.3) is 0 Å². The molecule has 0 spiro atoms. The molecule has 0 aliphatic carbocycles. The third kappa shape index (κ3) is 6.36. The Bertz CT molecular complexity index is 1240. The Morgan fingerprint density at radius 2 is 1.68 bits per heavy atom. The number of nitro groups is 1. The summed E-state index contributed by atoms with van der Waals surface area (Å²) in [5, 5.41) is 17.7. The number of benzene rings is 3. The Balaban J connectivity index is 0.000000204. The maximum Gasteiger partial charge on any atom is 0.333 e. The highest BCUT2D eigenvalue weighted by Crippen LogP contribution is 2.37. The summed E-state index contributed by atoms with van der Waals surface area (Å²) in [4.78, 5) is 32.7. The van der Waals surface area contributed by atoms with Crippen molar-refractivity contribution in [3.8, 4) is 0 Å². The molecule has 3 aromatic carbocycles. The highest BCUT2D eigenvalue weighted by molar-refractivity contribution is 6.35. The number of fused-ring (bicyclic) bond motifs is 1. The average Bonchev–Trinajstić information content (AvgIpc) is 2.80. The summed E-state index contributed by atoms with van der Waals surface area (Å²) in [5.74, 6) is 4.88. The largest absolute Gasteiger partial charge is 0.377 e. The molecule has 0 aromatic heterocycles. The fourth-order valence-electron chi connectivity index (χ4n) is 3.21. The number of anilines is 2.